The average molecular weight is 403 g/mol. The number of likely N-dealkylation sites (tertiary alicyclic amines) is 1. The summed E-state index contributed by atoms with van der Waals surface area (Å²) in [5.41, 5.74) is -0.173. The second kappa shape index (κ2) is 7.28. The van der Waals surface area contributed by atoms with Crippen molar-refractivity contribution in [2.75, 3.05) is 18.4 Å². The molecule has 0 saturated carbocycles. The molecule has 138 valence electrons. The second-order valence-corrected chi connectivity index (χ2v) is 7.68. The second-order valence-electron chi connectivity index (χ2n) is 6.01. The fraction of sp³-hybridized carbons (Fsp3) is 0.294. The van der Waals surface area contributed by atoms with Crippen LogP contribution in [0.5, 0.6) is 0 Å². The zero-order chi connectivity index (χ0) is 19.0. The molecule has 0 radical (unpaired) electrons. The van der Waals surface area contributed by atoms with Gasteiger partial charge in [-0.15, -0.1) is 11.3 Å². The van der Waals surface area contributed by atoms with Gasteiger partial charge in [-0.05, 0) is 19.4 Å². The number of thiophene rings is 1. The van der Waals surface area contributed by atoms with Gasteiger partial charge in [0.25, 0.3) is 5.91 Å². The third-order valence-electron chi connectivity index (χ3n) is 4.10. The number of anilines is 1. The minimum absolute atomic E-state index is 0.171. The van der Waals surface area contributed by atoms with E-state index in [1.165, 1.54) is 16.2 Å². The zero-order valence-electron chi connectivity index (χ0n) is 13.6. The van der Waals surface area contributed by atoms with Gasteiger partial charge in [0.15, 0.2) is 17.5 Å². The van der Waals surface area contributed by atoms with Gasteiger partial charge < -0.3 is 10.2 Å². The van der Waals surface area contributed by atoms with E-state index in [-0.39, 0.29) is 18.1 Å². The Hall–Kier alpha value is -2.06. The summed E-state index contributed by atoms with van der Waals surface area (Å²) in [6.45, 7) is 2.38. The summed E-state index contributed by atoms with van der Waals surface area (Å²) < 4.78 is 39.4. The standard InChI is InChI=1S/C17H14ClF3N2O2S/c1-8-4-11(18)15(26-8)17(25)23-3-2-9(7-23)16(24)22-10-5-12(19)14(21)13(20)6-10/h4-6,9H,2-3,7H2,1H3,(H,22,24). The summed E-state index contributed by atoms with van der Waals surface area (Å²) in [5, 5.41) is 2.74. The van der Waals surface area contributed by atoms with Crippen LogP contribution >= 0.6 is 22.9 Å². The van der Waals surface area contributed by atoms with Crippen LogP contribution in [0.15, 0.2) is 18.2 Å². The molecule has 3 rings (SSSR count). The van der Waals surface area contributed by atoms with Gasteiger partial charge in [-0.25, -0.2) is 13.2 Å². The predicted octanol–water partition coefficient (Wildman–Crippen LogP) is 4.23. The monoisotopic (exact) mass is 402 g/mol. The molecule has 9 heteroatoms. The minimum Gasteiger partial charge on any atom is -0.337 e. The number of amides is 2. The van der Waals surface area contributed by atoms with Gasteiger partial charge in [-0.2, -0.15) is 0 Å². The van der Waals surface area contributed by atoms with Crippen molar-refractivity contribution in [3.63, 3.8) is 0 Å². The number of hydrogen-bond donors (Lipinski definition) is 1. The van der Waals surface area contributed by atoms with Crippen LogP contribution in [-0.4, -0.2) is 29.8 Å². The van der Waals surface area contributed by atoms with Crippen molar-refractivity contribution >= 4 is 40.4 Å². The summed E-state index contributed by atoms with van der Waals surface area (Å²) in [7, 11) is 0. The Balaban J connectivity index is 1.66. The number of benzene rings is 1. The molecule has 26 heavy (non-hydrogen) atoms. The normalized spacial score (nSPS) is 16.8. The molecule has 2 aromatic rings. The molecule has 1 aliphatic rings. The van der Waals surface area contributed by atoms with E-state index in [2.05, 4.69) is 5.32 Å². The molecule has 2 heterocycles. The van der Waals surface area contributed by atoms with E-state index in [0.29, 0.717) is 35.0 Å². The average Bonchev–Trinajstić information content (AvgIpc) is 3.18. The highest BCUT2D eigenvalue weighted by molar-refractivity contribution is 7.14. The van der Waals surface area contributed by atoms with Crippen molar-refractivity contribution < 1.29 is 22.8 Å². The van der Waals surface area contributed by atoms with E-state index in [9.17, 15) is 22.8 Å². The van der Waals surface area contributed by atoms with E-state index in [1.807, 2.05) is 6.92 Å². The molecule has 0 spiro atoms. The Morgan fingerprint density at radius 2 is 1.88 bits per heavy atom. The van der Waals surface area contributed by atoms with Gasteiger partial charge in [-0.3, -0.25) is 9.59 Å². The lowest BCUT2D eigenvalue weighted by atomic mass is 10.1. The number of nitrogens with zero attached hydrogens (tertiary/aromatic N) is 1. The summed E-state index contributed by atoms with van der Waals surface area (Å²) >= 11 is 7.33. The maximum Gasteiger partial charge on any atom is 0.265 e. The number of halogens is 4. The maximum atomic E-state index is 13.2. The highest BCUT2D eigenvalue weighted by Gasteiger charge is 2.33. The van der Waals surface area contributed by atoms with Crippen LogP contribution in [0.2, 0.25) is 5.02 Å². The first-order valence-corrected chi connectivity index (χ1v) is 8.96. The predicted molar refractivity (Wildman–Crippen MR) is 93.0 cm³/mol. The largest absolute Gasteiger partial charge is 0.337 e. The quantitative estimate of drug-likeness (QED) is 0.781. The van der Waals surface area contributed by atoms with E-state index in [1.54, 1.807) is 6.07 Å². The van der Waals surface area contributed by atoms with Gasteiger partial charge in [0.05, 0.1) is 10.9 Å². The Labute approximate surface area is 156 Å². The molecule has 4 nitrogen and oxygen atoms in total. The number of nitrogens with one attached hydrogen (secondary N) is 1. The SMILES string of the molecule is Cc1cc(Cl)c(C(=O)N2CCC(C(=O)Nc3cc(F)c(F)c(F)c3)C2)s1. The molecule has 1 N–H and O–H groups in total. The molecular weight excluding hydrogens is 389 g/mol. The molecular formula is C17H14ClF3N2O2S. The highest BCUT2D eigenvalue weighted by Crippen LogP contribution is 2.30. The van der Waals surface area contributed by atoms with Crippen LogP contribution in [0.25, 0.3) is 0 Å². The Morgan fingerprint density at radius 1 is 1.23 bits per heavy atom. The summed E-state index contributed by atoms with van der Waals surface area (Å²) in [4.78, 5) is 27.7. The zero-order valence-corrected chi connectivity index (χ0v) is 15.2. The van der Waals surface area contributed by atoms with Crippen molar-refractivity contribution in [1.82, 2.24) is 4.90 Å². The summed E-state index contributed by atoms with van der Waals surface area (Å²) in [5.74, 6) is -5.63. The van der Waals surface area contributed by atoms with Crippen LogP contribution in [0.1, 0.15) is 21.0 Å². The first-order valence-electron chi connectivity index (χ1n) is 7.77. The fourth-order valence-electron chi connectivity index (χ4n) is 2.80. The van der Waals surface area contributed by atoms with Crippen LogP contribution in [0.4, 0.5) is 18.9 Å². The van der Waals surface area contributed by atoms with Gasteiger partial charge in [0, 0.05) is 35.8 Å². The van der Waals surface area contributed by atoms with Crippen LogP contribution in [0, 0.1) is 30.3 Å². The number of carbonyl (C=O) groups is 2. The smallest absolute Gasteiger partial charge is 0.265 e. The molecule has 0 aliphatic carbocycles. The van der Waals surface area contributed by atoms with Gasteiger partial charge in [0.2, 0.25) is 5.91 Å². The lowest BCUT2D eigenvalue weighted by Crippen LogP contribution is -2.31. The maximum absolute atomic E-state index is 13.2. The first kappa shape index (κ1) is 18.7. The van der Waals surface area contributed by atoms with E-state index in [0.717, 1.165) is 4.88 Å². The Kier molecular flexibility index (Phi) is 5.24. The number of carbonyl (C=O) groups excluding carboxylic acids is 2. The number of aryl methyl sites for hydroxylation is 1. The van der Waals surface area contributed by atoms with Crippen LogP contribution in [-0.2, 0) is 4.79 Å². The van der Waals surface area contributed by atoms with Gasteiger partial charge in [0.1, 0.15) is 4.88 Å². The molecule has 1 fully saturated rings. The molecule has 1 unspecified atom stereocenters. The summed E-state index contributed by atoms with van der Waals surface area (Å²) in [6.07, 6.45) is 0.408. The molecule has 0 bridgehead atoms. The molecule has 2 amide bonds. The van der Waals surface area contributed by atoms with Gasteiger partial charge in [-0.1, -0.05) is 11.6 Å². The minimum atomic E-state index is -1.59. The van der Waals surface area contributed by atoms with E-state index < -0.39 is 29.3 Å². The van der Waals surface area contributed by atoms with Gasteiger partial charge >= 0.3 is 0 Å². The lowest BCUT2D eigenvalue weighted by molar-refractivity contribution is -0.119. The van der Waals surface area contributed by atoms with E-state index in [4.69, 9.17) is 11.6 Å². The Morgan fingerprint density at radius 3 is 2.46 bits per heavy atom. The van der Waals surface area contributed by atoms with Crippen molar-refractivity contribution in [1.29, 1.82) is 0 Å². The lowest BCUT2D eigenvalue weighted by Gasteiger charge is -2.16. The molecule has 1 saturated heterocycles. The fourth-order valence-corrected chi connectivity index (χ4v) is 4.10. The topological polar surface area (TPSA) is 49.4 Å². The first-order chi connectivity index (χ1) is 12.3. The highest BCUT2D eigenvalue weighted by atomic mass is 35.5. The van der Waals surface area contributed by atoms with Crippen molar-refractivity contribution in [2.24, 2.45) is 5.92 Å². The number of hydrogen-bond acceptors (Lipinski definition) is 3. The van der Waals surface area contributed by atoms with Crippen LogP contribution < -0.4 is 5.32 Å². The third-order valence-corrected chi connectivity index (χ3v) is 5.55. The number of rotatable bonds is 3. The van der Waals surface area contributed by atoms with Crippen molar-refractivity contribution in [3.05, 3.63) is 50.4 Å². The van der Waals surface area contributed by atoms with Crippen LogP contribution in [0.3, 0.4) is 0 Å². The van der Waals surface area contributed by atoms with Crippen molar-refractivity contribution in [3.8, 4) is 0 Å². The molecule has 1 aromatic heterocycles. The third kappa shape index (κ3) is 3.71. The van der Waals surface area contributed by atoms with E-state index >= 15 is 0 Å². The molecule has 1 aromatic carbocycles. The molecule has 1 atom stereocenters. The summed E-state index contributed by atoms with van der Waals surface area (Å²) in [6, 6.07) is 3.13. The molecule has 1 aliphatic heterocycles. The Bertz CT molecular complexity index is 864. The van der Waals surface area contributed by atoms with Crippen molar-refractivity contribution in [2.45, 2.75) is 13.3 Å².